The van der Waals surface area contributed by atoms with Crippen LogP contribution in [-0.2, 0) is 14.3 Å². The second kappa shape index (κ2) is 8.47. The number of carbonyl (C=O) groups excluding carboxylic acids is 1. The summed E-state index contributed by atoms with van der Waals surface area (Å²) in [6.07, 6.45) is 0. The molecule has 2 N–H and O–H groups in total. The van der Waals surface area contributed by atoms with Gasteiger partial charge in [0.05, 0.1) is 21.2 Å². The average molecular weight is 400 g/mol. The van der Waals surface area contributed by atoms with Crippen molar-refractivity contribution < 1.29 is 24.2 Å². The Hall–Kier alpha value is -2.18. The van der Waals surface area contributed by atoms with E-state index in [1.54, 1.807) is 39.0 Å². The van der Waals surface area contributed by atoms with Gasteiger partial charge in [-0.3, -0.25) is 0 Å². The summed E-state index contributed by atoms with van der Waals surface area (Å²) >= 11 is 11.7. The van der Waals surface area contributed by atoms with E-state index in [9.17, 15) is 14.7 Å². The quantitative estimate of drug-likeness (QED) is 0.559. The lowest BCUT2D eigenvalue weighted by atomic mass is 9.87. The van der Waals surface area contributed by atoms with Gasteiger partial charge in [-0.05, 0) is 26.0 Å². The first-order valence-corrected chi connectivity index (χ1v) is 8.64. The predicted molar refractivity (Wildman–Crippen MR) is 98.3 cm³/mol. The van der Waals surface area contributed by atoms with Crippen LogP contribution in [0.25, 0.3) is 0 Å². The van der Waals surface area contributed by atoms with Gasteiger partial charge in [0, 0.05) is 23.4 Å². The molecule has 0 saturated carbocycles. The van der Waals surface area contributed by atoms with Gasteiger partial charge < -0.3 is 19.9 Å². The molecule has 0 spiro atoms. The number of dihydropyridines is 1. The fraction of sp³-hybridized carbons (Fsp3) is 0.333. The Kier molecular flexibility index (Phi) is 6.56. The molecule has 0 amide bonds. The fourth-order valence-electron chi connectivity index (χ4n) is 2.82. The highest BCUT2D eigenvalue weighted by molar-refractivity contribution is 6.42. The van der Waals surface area contributed by atoms with Gasteiger partial charge in [-0.25, -0.2) is 9.59 Å². The van der Waals surface area contributed by atoms with Crippen LogP contribution in [0.2, 0.25) is 10.0 Å². The Morgan fingerprint density at radius 1 is 1.12 bits per heavy atom. The molecule has 0 saturated heterocycles. The number of allylic oxidation sites excluding steroid dienone is 2. The molecule has 1 atom stereocenters. The normalized spacial score (nSPS) is 17.0. The van der Waals surface area contributed by atoms with E-state index in [2.05, 4.69) is 5.32 Å². The monoisotopic (exact) mass is 399 g/mol. The van der Waals surface area contributed by atoms with Crippen LogP contribution in [0.3, 0.4) is 0 Å². The maximum absolute atomic E-state index is 12.4. The standard InChI is InChI=1S/C18H19Cl2NO5/c1-9-15(17(22)23)10(2)21-11(3)16(9)18(24)26-7-6-25-12-4-5-13(19)14(20)8-12/h4-5,8-9,21H,6-7H2,1-3H3,(H,22,23). The Bertz CT molecular complexity index is 801. The number of hydrogen-bond donors (Lipinski definition) is 2. The third kappa shape index (κ3) is 4.51. The van der Waals surface area contributed by atoms with Crippen molar-refractivity contribution >= 4 is 35.1 Å². The summed E-state index contributed by atoms with van der Waals surface area (Å²) in [6.45, 7) is 5.17. The number of rotatable bonds is 6. The van der Waals surface area contributed by atoms with Crippen molar-refractivity contribution in [2.45, 2.75) is 20.8 Å². The van der Waals surface area contributed by atoms with Crippen LogP contribution in [-0.4, -0.2) is 30.3 Å². The maximum Gasteiger partial charge on any atom is 0.336 e. The SMILES string of the molecule is CC1=C(C(=O)O)C(C)C(C(=O)OCCOc2ccc(Cl)c(Cl)c2)=C(C)N1. The van der Waals surface area contributed by atoms with E-state index in [1.807, 2.05) is 0 Å². The molecule has 0 radical (unpaired) electrons. The molecular formula is C18H19Cl2NO5. The Labute approximate surface area is 161 Å². The predicted octanol–water partition coefficient (Wildman–Crippen LogP) is 3.79. The number of esters is 1. The molecule has 1 heterocycles. The van der Waals surface area contributed by atoms with Crippen molar-refractivity contribution in [1.29, 1.82) is 0 Å². The zero-order chi connectivity index (χ0) is 19.4. The number of benzene rings is 1. The number of hydrogen-bond acceptors (Lipinski definition) is 5. The molecule has 1 aliphatic rings. The van der Waals surface area contributed by atoms with Crippen LogP contribution in [0.4, 0.5) is 0 Å². The lowest BCUT2D eigenvalue weighted by Gasteiger charge is -2.26. The molecule has 0 aliphatic carbocycles. The van der Waals surface area contributed by atoms with E-state index < -0.39 is 17.9 Å². The van der Waals surface area contributed by atoms with Crippen molar-refractivity contribution in [1.82, 2.24) is 5.32 Å². The third-order valence-electron chi connectivity index (χ3n) is 3.98. The van der Waals surface area contributed by atoms with Gasteiger partial charge in [-0.15, -0.1) is 0 Å². The highest BCUT2D eigenvalue weighted by Crippen LogP contribution is 2.30. The molecule has 6 nitrogen and oxygen atoms in total. The first-order chi connectivity index (χ1) is 12.2. The first kappa shape index (κ1) is 20.1. The summed E-state index contributed by atoms with van der Waals surface area (Å²) in [7, 11) is 0. The number of nitrogens with one attached hydrogen (secondary N) is 1. The van der Waals surface area contributed by atoms with E-state index in [1.165, 1.54) is 0 Å². The molecule has 1 unspecified atom stereocenters. The molecule has 26 heavy (non-hydrogen) atoms. The summed E-state index contributed by atoms with van der Waals surface area (Å²) in [4.78, 5) is 23.8. The summed E-state index contributed by atoms with van der Waals surface area (Å²) in [6, 6.07) is 4.83. The Morgan fingerprint density at radius 2 is 1.77 bits per heavy atom. The smallest absolute Gasteiger partial charge is 0.336 e. The topological polar surface area (TPSA) is 84.9 Å². The molecule has 0 bridgehead atoms. The number of carboxylic acid groups (broad SMARTS) is 1. The maximum atomic E-state index is 12.4. The van der Waals surface area contributed by atoms with Crippen molar-refractivity contribution in [2.75, 3.05) is 13.2 Å². The number of ether oxygens (including phenoxy) is 2. The summed E-state index contributed by atoms with van der Waals surface area (Å²) in [5.74, 6) is -1.71. The van der Waals surface area contributed by atoms with Gasteiger partial charge in [-0.2, -0.15) is 0 Å². The van der Waals surface area contributed by atoms with Crippen LogP contribution >= 0.6 is 23.2 Å². The molecule has 2 rings (SSSR count). The number of aliphatic carboxylic acids is 1. The van der Waals surface area contributed by atoms with Crippen LogP contribution < -0.4 is 10.1 Å². The minimum absolute atomic E-state index is 0.00762. The minimum atomic E-state index is -1.07. The van der Waals surface area contributed by atoms with Gasteiger partial charge in [0.25, 0.3) is 0 Å². The van der Waals surface area contributed by atoms with E-state index in [4.69, 9.17) is 32.7 Å². The summed E-state index contributed by atoms with van der Waals surface area (Å²) < 4.78 is 10.7. The van der Waals surface area contributed by atoms with Crippen LogP contribution in [0.1, 0.15) is 20.8 Å². The average Bonchev–Trinajstić information content (AvgIpc) is 2.53. The second-order valence-electron chi connectivity index (χ2n) is 5.79. The lowest BCUT2D eigenvalue weighted by Crippen LogP contribution is -2.31. The van der Waals surface area contributed by atoms with Crippen molar-refractivity contribution in [2.24, 2.45) is 5.92 Å². The second-order valence-corrected chi connectivity index (χ2v) is 6.60. The minimum Gasteiger partial charge on any atom is -0.490 e. The van der Waals surface area contributed by atoms with Gasteiger partial charge in [-0.1, -0.05) is 30.1 Å². The van der Waals surface area contributed by atoms with Gasteiger partial charge in [0.1, 0.15) is 19.0 Å². The largest absolute Gasteiger partial charge is 0.490 e. The fourth-order valence-corrected chi connectivity index (χ4v) is 3.11. The van der Waals surface area contributed by atoms with Gasteiger partial charge in [0.2, 0.25) is 0 Å². The first-order valence-electron chi connectivity index (χ1n) is 7.89. The summed E-state index contributed by atoms with van der Waals surface area (Å²) in [5.41, 5.74) is 1.54. The summed E-state index contributed by atoms with van der Waals surface area (Å²) in [5, 5.41) is 13.0. The zero-order valence-corrected chi connectivity index (χ0v) is 16.1. The van der Waals surface area contributed by atoms with Crippen LogP contribution in [0, 0.1) is 5.92 Å². The third-order valence-corrected chi connectivity index (χ3v) is 4.71. The molecule has 8 heteroatoms. The molecule has 0 aromatic heterocycles. The van der Waals surface area contributed by atoms with Gasteiger partial charge >= 0.3 is 11.9 Å². The van der Waals surface area contributed by atoms with E-state index in [0.29, 0.717) is 32.8 Å². The Morgan fingerprint density at radius 3 is 2.38 bits per heavy atom. The molecule has 1 aromatic rings. The number of carbonyl (C=O) groups is 2. The van der Waals surface area contributed by atoms with E-state index in [-0.39, 0.29) is 18.8 Å². The van der Waals surface area contributed by atoms with Crippen molar-refractivity contribution in [3.8, 4) is 5.75 Å². The highest BCUT2D eigenvalue weighted by atomic mass is 35.5. The zero-order valence-electron chi connectivity index (χ0n) is 14.6. The van der Waals surface area contributed by atoms with Crippen LogP contribution in [0.5, 0.6) is 5.75 Å². The van der Waals surface area contributed by atoms with Crippen molar-refractivity contribution in [3.05, 3.63) is 50.8 Å². The molecule has 0 fully saturated rings. The number of halogens is 2. The van der Waals surface area contributed by atoms with Crippen molar-refractivity contribution in [3.63, 3.8) is 0 Å². The van der Waals surface area contributed by atoms with E-state index in [0.717, 1.165) is 0 Å². The molecular weight excluding hydrogens is 381 g/mol. The van der Waals surface area contributed by atoms with Crippen LogP contribution in [0.15, 0.2) is 40.7 Å². The Balaban J connectivity index is 1.94. The number of carboxylic acids is 1. The molecule has 1 aromatic carbocycles. The van der Waals surface area contributed by atoms with E-state index >= 15 is 0 Å². The molecule has 140 valence electrons. The molecule has 1 aliphatic heterocycles. The van der Waals surface area contributed by atoms with Gasteiger partial charge in [0.15, 0.2) is 0 Å². The highest BCUT2D eigenvalue weighted by Gasteiger charge is 2.32. The lowest BCUT2D eigenvalue weighted by molar-refractivity contribution is -0.140.